The molecule has 0 amide bonds. The number of nitrogens with two attached hydrogens (primary N) is 2. The first-order valence-corrected chi connectivity index (χ1v) is 27.5. The zero-order valence-corrected chi connectivity index (χ0v) is 42.4. The Balaban J connectivity index is 0.871. The van der Waals surface area contributed by atoms with Crippen LogP contribution in [0.3, 0.4) is 0 Å². The number of imidazole rings is 3. The van der Waals surface area contributed by atoms with Crippen molar-refractivity contribution < 1.29 is 104 Å². The average Bonchev–Trinajstić information content (AvgIpc) is 4.24. The number of rotatable bonds is 21. The lowest BCUT2D eigenvalue weighted by molar-refractivity contribution is -0.0582. The minimum Gasteiger partial charge on any atom is -0.387 e. The van der Waals surface area contributed by atoms with Gasteiger partial charge in [0.25, 0.3) is 11.1 Å². The van der Waals surface area contributed by atoms with Crippen LogP contribution in [0.5, 0.6) is 0 Å². The third-order valence-electron chi connectivity index (χ3n) is 11.7. The van der Waals surface area contributed by atoms with Crippen molar-refractivity contribution in [3.8, 4) is 0 Å². The van der Waals surface area contributed by atoms with Crippen LogP contribution in [0.15, 0.2) is 34.9 Å². The summed E-state index contributed by atoms with van der Waals surface area (Å²) in [7, 11) is -19.6. The molecule has 9 heterocycles. The van der Waals surface area contributed by atoms with Crippen LogP contribution in [0.4, 0.5) is 17.7 Å². The second-order valence-corrected chi connectivity index (χ2v) is 22.4. The molecule has 14 N–H and O–H groups in total. The number of aromatic nitrogens is 12. The number of nitrogens with zero attached hydrogens (tertiary/aromatic N) is 10. The smallest absolute Gasteiger partial charge is 0.387 e. The fourth-order valence-electron chi connectivity index (χ4n) is 8.41. The molecule has 43 heteroatoms. The summed E-state index contributed by atoms with van der Waals surface area (Å²) in [6.45, 7) is -3.24. The molecule has 3 aliphatic rings. The van der Waals surface area contributed by atoms with E-state index < -0.39 is 136 Å². The van der Waals surface area contributed by atoms with Crippen LogP contribution in [0.1, 0.15) is 18.7 Å². The van der Waals surface area contributed by atoms with Crippen LogP contribution in [0.2, 0.25) is 0 Å². The maximum atomic E-state index is 13.7. The van der Waals surface area contributed by atoms with Gasteiger partial charge in [0, 0.05) is 21.3 Å². The number of hydrogen-bond acceptors (Lipinski definition) is 30. The number of aliphatic hydroxyl groups is 3. The number of aliphatic hydroxyl groups excluding tert-OH is 3. The zero-order valence-electron chi connectivity index (χ0n) is 38.8. The number of phosphoric acid groups is 4. The molecule has 3 saturated heterocycles. The number of nitrogen functional groups attached to an aromatic ring is 2. The van der Waals surface area contributed by atoms with Crippen molar-refractivity contribution in [1.82, 2.24) is 58.6 Å². The van der Waals surface area contributed by atoms with E-state index in [2.05, 4.69) is 58.8 Å². The van der Waals surface area contributed by atoms with E-state index in [1.807, 2.05) is 0 Å². The van der Waals surface area contributed by atoms with E-state index in [1.165, 1.54) is 10.9 Å². The Morgan fingerprint density at radius 1 is 0.592 bits per heavy atom. The molecule has 6 aromatic heterocycles. The number of phosphoric ester groups is 3. The first-order valence-electron chi connectivity index (χ1n) is 21.6. The van der Waals surface area contributed by atoms with Crippen LogP contribution in [0.25, 0.3) is 33.5 Å². The Kier molecular flexibility index (Phi) is 15.5. The van der Waals surface area contributed by atoms with Gasteiger partial charge in [-0.1, -0.05) is 0 Å². The van der Waals surface area contributed by atoms with E-state index >= 15 is 0 Å². The molecule has 0 radical (unpaired) electrons. The molecule has 3 aliphatic heterocycles. The number of hydrogen-bond donors (Lipinski definition) is 12. The van der Waals surface area contributed by atoms with Gasteiger partial charge in [-0.05, 0) is 0 Å². The fraction of sp³-hybridized carbons (Fsp3) is 0.545. The van der Waals surface area contributed by atoms with Crippen LogP contribution < -0.4 is 27.9 Å². The Morgan fingerprint density at radius 3 is 1.59 bits per heavy atom. The number of anilines is 3. The number of nitrogens with one attached hydrogen (secondary N) is 3. The molecule has 0 saturated carbocycles. The van der Waals surface area contributed by atoms with Gasteiger partial charge in [0.1, 0.15) is 66.8 Å². The lowest BCUT2D eigenvalue weighted by Gasteiger charge is -2.26. The quantitative estimate of drug-likeness (QED) is 0.0319. The predicted octanol–water partition coefficient (Wildman–Crippen LogP) is -3.03. The number of fused-ring (bicyclic) bond motifs is 3. The molecule has 76 heavy (non-hydrogen) atoms. The molecule has 10 unspecified atom stereocenters. The van der Waals surface area contributed by atoms with E-state index in [-0.39, 0.29) is 51.2 Å². The largest absolute Gasteiger partial charge is 0.490 e. The lowest BCUT2D eigenvalue weighted by Crippen LogP contribution is -2.38. The van der Waals surface area contributed by atoms with Gasteiger partial charge >= 0.3 is 31.3 Å². The highest BCUT2D eigenvalue weighted by molar-refractivity contribution is 7.66. The molecule has 3 fully saturated rings. The summed E-state index contributed by atoms with van der Waals surface area (Å²) >= 11 is 0. The van der Waals surface area contributed by atoms with Gasteiger partial charge in [0.15, 0.2) is 52.5 Å². The van der Waals surface area contributed by atoms with Gasteiger partial charge in [-0.3, -0.25) is 51.4 Å². The first-order chi connectivity index (χ1) is 35.8. The first kappa shape index (κ1) is 55.6. The Hall–Kier alpha value is -5.15. The van der Waals surface area contributed by atoms with Crippen LogP contribution in [0, 0.1) is 0 Å². The van der Waals surface area contributed by atoms with E-state index in [9.17, 15) is 62.7 Å². The van der Waals surface area contributed by atoms with Gasteiger partial charge in [-0.2, -0.15) is 18.6 Å². The number of methoxy groups -OCH3 is 2. The SMILES string of the molecule is CNc1ncnc2c1ncn2[C@@H]1O[C@H](COP(=O)(O)OP(=O)(O)OP(=O)(O)OC[C@H]2O[C@@H](n3cnc4c(=O)[nH]c(N)nc43)C(O)C2OC)C(OP(=O)(O)OC[C@H]2O[C@@H](n3cnc4c(=O)[nH]c(N)nc43)C(O)C2O)C1OC. The van der Waals surface area contributed by atoms with Gasteiger partial charge in [0.05, 0.1) is 38.8 Å². The summed E-state index contributed by atoms with van der Waals surface area (Å²) in [5.41, 5.74) is 9.49. The lowest BCUT2D eigenvalue weighted by atomic mass is 10.1. The minimum atomic E-state index is -6.18. The number of ether oxygens (including phenoxy) is 5. The van der Waals surface area contributed by atoms with E-state index in [1.54, 1.807) is 7.05 Å². The van der Waals surface area contributed by atoms with Crippen LogP contribution >= 0.6 is 31.3 Å². The number of H-pyrrole nitrogens is 2. The molecule has 0 aliphatic carbocycles. The van der Waals surface area contributed by atoms with E-state index in [0.29, 0.717) is 0 Å². The van der Waals surface area contributed by atoms with Gasteiger partial charge < -0.3 is 75.4 Å². The van der Waals surface area contributed by atoms with Crippen molar-refractivity contribution in [3.05, 3.63) is 46.0 Å². The average molecular weight is 1160 g/mol. The Bertz CT molecular complexity index is 3450. The molecule has 39 nitrogen and oxygen atoms in total. The van der Waals surface area contributed by atoms with Crippen molar-refractivity contribution in [2.45, 2.75) is 73.6 Å². The molecular formula is C33H45N15O24P4. The molecule has 0 aromatic carbocycles. The molecule has 416 valence electrons. The summed E-state index contributed by atoms with van der Waals surface area (Å²) in [4.78, 5) is 100. The third kappa shape index (κ3) is 11.1. The fourth-order valence-corrected chi connectivity index (χ4v) is 12.9. The van der Waals surface area contributed by atoms with E-state index in [4.69, 9.17) is 53.2 Å². The maximum Gasteiger partial charge on any atom is 0.490 e. The van der Waals surface area contributed by atoms with Crippen LogP contribution in [-0.2, 0) is 68.7 Å². The zero-order chi connectivity index (χ0) is 54.8. The highest BCUT2D eigenvalue weighted by atomic mass is 31.3. The monoisotopic (exact) mass is 1160 g/mol. The molecule has 9 rings (SSSR count). The topological polar surface area (TPSA) is 546 Å². The molecule has 16 atom stereocenters. The van der Waals surface area contributed by atoms with Crippen molar-refractivity contribution in [1.29, 1.82) is 0 Å². The second-order valence-electron chi connectivity index (χ2n) is 16.4. The Morgan fingerprint density at radius 2 is 1.05 bits per heavy atom. The van der Waals surface area contributed by atoms with Crippen molar-refractivity contribution in [3.63, 3.8) is 0 Å². The third-order valence-corrected chi connectivity index (χ3v) is 16.9. The highest BCUT2D eigenvalue weighted by Gasteiger charge is 2.54. The molecule has 6 aromatic rings. The predicted molar refractivity (Wildman–Crippen MR) is 246 cm³/mol. The highest BCUT2D eigenvalue weighted by Crippen LogP contribution is 2.68. The second kappa shape index (κ2) is 21.2. The summed E-state index contributed by atoms with van der Waals surface area (Å²) in [6.07, 6.45) is -14.6. The maximum absolute atomic E-state index is 13.7. The minimum absolute atomic E-state index is 0.0924. The summed E-state index contributed by atoms with van der Waals surface area (Å²) < 4.78 is 114. The summed E-state index contributed by atoms with van der Waals surface area (Å²) in [6, 6.07) is 0. The van der Waals surface area contributed by atoms with Gasteiger partial charge in [0.2, 0.25) is 11.9 Å². The number of aromatic amines is 2. The van der Waals surface area contributed by atoms with Gasteiger partial charge in [-0.15, -0.1) is 0 Å². The Labute approximate surface area is 421 Å². The summed E-state index contributed by atoms with van der Waals surface area (Å²) in [5, 5.41) is 35.6. The van der Waals surface area contributed by atoms with Crippen molar-refractivity contribution in [2.75, 3.05) is 57.9 Å². The normalized spacial score (nSPS) is 30.2. The van der Waals surface area contributed by atoms with Crippen LogP contribution in [-0.4, -0.2) is 189 Å². The van der Waals surface area contributed by atoms with Gasteiger partial charge in [-0.25, -0.2) is 43.2 Å². The molecular weight excluding hydrogens is 1110 g/mol. The molecule has 0 bridgehead atoms. The van der Waals surface area contributed by atoms with E-state index in [0.717, 1.165) is 42.3 Å². The van der Waals surface area contributed by atoms with Crippen molar-refractivity contribution in [2.24, 2.45) is 0 Å². The molecule has 0 spiro atoms. The standard InChI is InChI=1S/C33H45N15O24P4/c1-36-23-14-24(38-7-37-23)46(8-39-14)31-22(63-3)21(70-73(54,55)64-4-11-17(49)18(50)29(67-11)47-9-40-15-25(47)42-32(34)44-27(15)52)13(69-31)6-66-75(58,59)72-76(60,61)71-74(56,57)65-5-12-20(62-2)19(51)30(68-12)48-10-41-16-26(48)43-33(35)45-28(16)53/h7-13,17-22,29-31,49-51H,4-6H2,1-3H3,(H,54,55)(H,56,57)(H,58,59)(H,60,61)(H,36,37,38)(H3,34,42,44,52)(H3,35,43,45,53)/t11-,12-,13-,17?,18?,19?,20?,21?,22?,29-,30-,31-/m1/s1. The van der Waals surface area contributed by atoms with Crippen molar-refractivity contribution >= 4 is 82.5 Å². The summed E-state index contributed by atoms with van der Waals surface area (Å²) in [5.74, 6) is -0.361.